The van der Waals surface area contributed by atoms with E-state index < -0.39 is 0 Å². The maximum atomic E-state index is 3.67. The van der Waals surface area contributed by atoms with Gasteiger partial charge in [-0.1, -0.05) is 7.43 Å². The van der Waals surface area contributed by atoms with E-state index in [-0.39, 0.29) is 20.9 Å². The molecule has 0 N–H and O–H groups in total. The molecule has 0 saturated heterocycles. The molecule has 0 atom stereocenters. The van der Waals surface area contributed by atoms with E-state index in [4.69, 9.17) is 0 Å². The molecular weight excluding hydrogens is 108 g/mol. The smallest absolute Gasteiger partial charge is 0 e. The van der Waals surface area contributed by atoms with Crippen molar-refractivity contribution in [1.29, 1.82) is 0 Å². The molecule has 4 heavy (non-hydrogen) atoms. The zero-order valence-corrected chi connectivity index (χ0v) is 3.95. The largest absolute Gasteiger partial charge is 0.197 e. The monoisotopic (exact) mass is 114 g/mol. The fourth-order valence-electron chi connectivity index (χ4n) is 0. The van der Waals surface area contributed by atoms with Crippen molar-refractivity contribution in [3.8, 4) is 0 Å². The summed E-state index contributed by atoms with van der Waals surface area (Å²) in [6, 6.07) is 0. The molecule has 0 amide bonds. The van der Waals surface area contributed by atoms with Crippen LogP contribution in [0.25, 0.3) is 0 Å². The van der Waals surface area contributed by atoms with Crippen molar-refractivity contribution in [2.24, 2.45) is 0 Å². The van der Waals surface area contributed by atoms with Crippen LogP contribution in [0.1, 0.15) is 7.43 Å². The maximum absolute atomic E-state index is 3.67. The average molecular weight is 114 g/mol. The van der Waals surface area contributed by atoms with Crippen LogP contribution in [0.5, 0.6) is 0 Å². The van der Waals surface area contributed by atoms with E-state index in [0.29, 0.717) is 0 Å². The molecule has 0 aliphatic rings. The lowest BCUT2D eigenvalue weighted by Crippen LogP contribution is -0.710. The van der Waals surface area contributed by atoms with E-state index in [1.807, 2.05) is 0 Å². The van der Waals surface area contributed by atoms with E-state index in [2.05, 4.69) is 22.4 Å². The number of rotatable bonds is 0. The summed E-state index contributed by atoms with van der Waals surface area (Å²) in [6.45, 7) is 0. The van der Waals surface area contributed by atoms with Gasteiger partial charge in [-0.2, -0.15) is 13.5 Å². The lowest BCUT2D eigenvalue weighted by molar-refractivity contribution is 2.50. The standard InChI is InChI=1S/CH4.S2.H2S/c;1-2;/h1H4;;1H2. The molecule has 0 rings (SSSR count). The van der Waals surface area contributed by atoms with Crippen LogP contribution in [0.4, 0.5) is 0 Å². The van der Waals surface area contributed by atoms with Crippen LogP contribution >= 0.6 is 13.5 Å². The van der Waals surface area contributed by atoms with Crippen molar-refractivity contribution in [1.82, 2.24) is 0 Å². The maximum Gasteiger partial charge on any atom is 0 e. The molecule has 0 aliphatic heterocycles. The molecular formula is CH6S3. The molecule has 0 fully saturated rings. The van der Waals surface area contributed by atoms with Gasteiger partial charge in [0.1, 0.15) is 0 Å². The van der Waals surface area contributed by atoms with Gasteiger partial charge in [-0.05, 0) is 0 Å². The summed E-state index contributed by atoms with van der Waals surface area (Å²) in [4.78, 5) is 0. The molecule has 0 spiro atoms. The van der Waals surface area contributed by atoms with Gasteiger partial charge in [0.2, 0.25) is 0 Å². The van der Waals surface area contributed by atoms with Gasteiger partial charge >= 0.3 is 0 Å². The highest BCUT2D eigenvalue weighted by Gasteiger charge is 0.707. The van der Waals surface area contributed by atoms with Crippen molar-refractivity contribution >= 4 is 35.9 Å². The number of hydrogen-bond donors (Lipinski definition) is 0. The second-order valence-corrected chi connectivity index (χ2v) is 0. The Balaban J connectivity index is -0.00000000500. The summed E-state index contributed by atoms with van der Waals surface area (Å²) in [6.07, 6.45) is 0. The van der Waals surface area contributed by atoms with Gasteiger partial charge in [-0.15, -0.1) is 0 Å². The summed E-state index contributed by atoms with van der Waals surface area (Å²) >= 11 is 7.33. The molecule has 0 radical (unpaired) electrons. The summed E-state index contributed by atoms with van der Waals surface area (Å²) in [5, 5.41) is 0. The highest BCUT2D eigenvalue weighted by Crippen LogP contribution is 0.705. The molecule has 28 valence electrons. The minimum absolute atomic E-state index is 0. The van der Waals surface area contributed by atoms with Crippen LogP contribution in [-0.2, 0) is 22.4 Å². The predicted molar refractivity (Wildman–Crippen MR) is 31.8 cm³/mol. The third-order valence-electron chi connectivity index (χ3n) is 0. The molecule has 0 aromatic rings. The normalized spacial score (nSPS) is 1.00. The third-order valence-corrected chi connectivity index (χ3v) is 0. The molecule has 0 nitrogen and oxygen atoms in total. The van der Waals surface area contributed by atoms with E-state index in [9.17, 15) is 0 Å². The van der Waals surface area contributed by atoms with Gasteiger partial charge in [-0.3, -0.25) is 0 Å². The average Bonchev–Trinajstić information content (AvgIpc) is 1.00. The van der Waals surface area contributed by atoms with Gasteiger partial charge in [-0.25, -0.2) is 0 Å². The molecule has 0 saturated carbocycles. The Hall–Kier alpha value is 0.790. The molecule has 0 bridgehead atoms. The first-order valence-electron chi connectivity index (χ1n) is 0.167. The second kappa shape index (κ2) is 47.3. The minimum atomic E-state index is 0. The Labute approximate surface area is 43.7 Å². The Bertz CT molecular complexity index is 3.25. The van der Waals surface area contributed by atoms with Gasteiger partial charge in [0.15, 0.2) is 0 Å². The predicted octanol–water partition coefficient (Wildman–Crippen LogP) is 0.744. The van der Waals surface area contributed by atoms with Crippen LogP contribution in [-0.4, -0.2) is 0 Å². The van der Waals surface area contributed by atoms with Gasteiger partial charge < -0.3 is 0 Å². The molecule has 0 heterocycles. The van der Waals surface area contributed by atoms with Crippen molar-refractivity contribution in [3.05, 3.63) is 0 Å². The number of hydrogen-bond acceptors (Lipinski definition) is 2. The quantitative estimate of drug-likeness (QED) is 0.456. The van der Waals surface area contributed by atoms with Crippen LogP contribution in [0.3, 0.4) is 0 Å². The highest BCUT2D eigenvalue weighted by molar-refractivity contribution is 8.07. The lowest BCUT2D eigenvalue weighted by atomic mass is 12.0. The summed E-state index contributed by atoms with van der Waals surface area (Å²) in [7, 11) is 0. The van der Waals surface area contributed by atoms with E-state index >= 15 is 0 Å². The fraction of sp³-hybridized carbons (Fsp3) is 1.00. The highest BCUT2D eigenvalue weighted by atomic mass is 32.8. The van der Waals surface area contributed by atoms with Crippen molar-refractivity contribution in [2.75, 3.05) is 0 Å². The zero-order valence-electron chi connectivity index (χ0n) is 1.32. The van der Waals surface area contributed by atoms with Crippen LogP contribution in [0.15, 0.2) is 0 Å². The Morgan fingerprint density at radius 2 is 1.00 bits per heavy atom. The molecule has 3 heteroatoms. The Morgan fingerprint density at radius 1 is 1.00 bits per heavy atom. The first-order chi connectivity index (χ1) is 1.00. The zero-order chi connectivity index (χ0) is 2.00. The minimum Gasteiger partial charge on any atom is -0.197 e. The van der Waals surface area contributed by atoms with Crippen LogP contribution < -0.4 is 0 Å². The Kier molecular flexibility index (Phi) is 254. The Morgan fingerprint density at radius 3 is 1.00 bits per heavy atom. The van der Waals surface area contributed by atoms with E-state index in [1.54, 1.807) is 0 Å². The van der Waals surface area contributed by atoms with Gasteiger partial charge in [0.05, 0.1) is 0 Å². The topological polar surface area (TPSA) is 0 Å². The third kappa shape index (κ3) is 14.3. The van der Waals surface area contributed by atoms with Crippen molar-refractivity contribution in [3.63, 3.8) is 0 Å². The SMILES string of the molecule is C.S.S=S. The van der Waals surface area contributed by atoms with Gasteiger partial charge in [0.25, 0.3) is 0 Å². The van der Waals surface area contributed by atoms with Crippen molar-refractivity contribution in [2.45, 2.75) is 7.43 Å². The summed E-state index contributed by atoms with van der Waals surface area (Å²) in [5.74, 6) is 0. The lowest BCUT2D eigenvalue weighted by Gasteiger charge is -0.707. The first-order valence-corrected chi connectivity index (χ1v) is 1.50. The van der Waals surface area contributed by atoms with Gasteiger partial charge in [0, 0.05) is 22.4 Å². The fourth-order valence-corrected chi connectivity index (χ4v) is 0. The molecule has 0 aromatic carbocycles. The molecule has 0 aromatic heterocycles. The first kappa shape index (κ1) is 21.5. The van der Waals surface area contributed by atoms with Crippen LogP contribution in [0, 0.1) is 0 Å². The summed E-state index contributed by atoms with van der Waals surface area (Å²) < 4.78 is 0. The summed E-state index contributed by atoms with van der Waals surface area (Å²) in [5.41, 5.74) is 0. The van der Waals surface area contributed by atoms with E-state index in [0.717, 1.165) is 0 Å². The van der Waals surface area contributed by atoms with E-state index in [1.165, 1.54) is 0 Å². The van der Waals surface area contributed by atoms with Crippen LogP contribution in [0.2, 0.25) is 0 Å². The van der Waals surface area contributed by atoms with Crippen molar-refractivity contribution < 1.29 is 0 Å². The molecule has 0 unspecified atom stereocenters. The molecule has 0 aliphatic carbocycles. The second-order valence-electron chi connectivity index (χ2n) is 0.